The van der Waals surface area contributed by atoms with Crippen LogP contribution >= 0.6 is 11.3 Å². The monoisotopic (exact) mass is 470 g/mol. The largest absolute Gasteiger partial charge is 0.462 e. The highest BCUT2D eigenvalue weighted by Gasteiger charge is 2.28. The van der Waals surface area contributed by atoms with Gasteiger partial charge < -0.3 is 10.1 Å². The fourth-order valence-corrected chi connectivity index (χ4v) is 5.75. The fourth-order valence-electron chi connectivity index (χ4n) is 4.48. The highest BCUT2D eigenvalue weighted by atomic mass is 32.1. The first-order chi connectivity index (χ1) is 16.5. The van der Waals surface area contributed by atoms with Crippen LogP contribution in [0.3, 0.4) is 0 Å². The molecule has 0 spiro atoms. The number of aryl methyl sites for hydroxylation is 2. The first-order valence-electron chi connectivity index (χ1n) is 11.6. The number of carbonyl (C=O) groups excluding carboxylic acids is 2. The SMILES string of the molecule is CCOC(=O)c1c(NC(=O)c2cc(-c3ccc(C)cc3)nc3ccccc23)sc2c1CCCC2. The predicted octanol–water partition coefficient (Wildman–Crippen LogP) is 6.58. The number of nitrogens with one attached hydrogen (secondary N) is 1. The minimum atomic E-state index is -0.364. The number of para-hydroxylation sites is 1. The molecule has 0 saturated heterocycles. The Morgan fingerprint density at radius 1 is 1.06 bits per heavy atom. The molecule has 1 amide bonds. The van der Waals surface area contributed by atoms with Gasteiger partial charge in [0.1, 0.15) is 5.00 Å². The van der Waals surface area contributed by atoms with Crippen molar-refractivity contribution < 1.29 is 14.3 Å². The molecule has 6 heteroatoms. The summed E-state index contributed by atoms with van der Waals surface area (Å²) < 4.78 is 5.34. The molecule has 0 saturated carbocycles. The molecule has 0 aliphatic heterocycles. The summed E-state index contributed by atoms with van der Waals surface area (Å²) in [7, 11) is 0. The molecule has 0 fully saturated rings. The number of hydrogen-bond acceptors (Lipinski definition) is 5. The number of carbonyl (C=O) groups is 2. The van der Waals surface area contributed by atoms with Crippen LogP contribution in [-0.4, -0.2) is 23.5 Å². The highest BCUT2D eigenvalue weighted by molar-refractivity contribution is 7.17. The zero-order chi connectivity index (χ0) is 23.7. The summed E-state index contributed by atoms with van der Waals surface area (Å²) in [5.74, 6) is -0.617. The van der Waals surface area contributed by atoms with Gasteiger partial charge in [-0.15, -0.1) is 11.3 Å². The van der Waals surface area contributed by atoms with E-state index in [9.17, 15) is 9.59 Å². The number of pyridine rings is 1. The lowest BCUT2D eigenvalue weighted by molar-refractivity contribution is 0.0526. The summed E-state index contributed by atoms with van der Waals surface area (Å²) in [5, 5.41) is 4.40. The minimum Gasteiger partial charge on any atom is -0.462 e. The number of fused-ring (bicyclic) bond motifs is 2. The number of rotatable bonds is 5. The number of anilines is 1. The van der Waals surface area contributed by atoms with E-state index in [0.29, 0.717) is 22.7 Å². The molecule has 172 valence electrons. The van der Waals surface area contributed by atoms with Crippen LogP contribution in [0.1, 0.15) is 56.5 Å². The Balaban J connectivity index is 1.57. The van der Waals surface area contributed by atoms with Crippen molar-refractivity contribution >= 4 is 39.1 Å². The zero-order valence-corrected chi connectivity index (χ0v) is 20.1. The van der Waals surface area contributed by atoms with E-state index in [0.717, 1.165) is 59.0 Å². The molecule has 0 atom stereocenters. The van der Waals surface area contributed by atoms with Crippen molar-refractivity contribution in [1.82, 2.24) is 4.98 Å². The van der Waals surface area contributed by atoms with Crippen LogP contribution in [0, 0.1) is 6.92 Å². The Kier molecular flexibility index (Phi) is 6.16. The summed E-state index contributed by atoms with van der Waals surface area (Å²) in [6, 6.07) is 17.6. The third-order valence-corrected chi connectivity index (χ3v) is 7.39. The van der Waals surface area contributed by atoms with E-state index in [2.05, 4.69) is 5.32 Å². The molecule has 0 unspecified atom stereocenters. The van der Waals surface area contributed by atoms with Gasteiger partial charge in [0.15, 0.2) is 0 Å². The molecule has 4 aromatic rings. The molecule has 0 radical (unpaired) electrons. The quantitative estimate of drug-likeness (QED) is 0.335. The highest BCUT2D eigenvalue weighted by Crippen LogP contribution is 2.39. The number of esters is 1. The van der Waals surface area contributed by atoms with Crippen LogP contribution in [0.15, 0.2) is 54.6 Å². The van der Waals surface area contributed by atoms with E-state index in [-0.39, 0.29) is 11.9 Å². The van der Waals surface area contributed by atoms with E-state index in [4.69, 9.17) is 9.72 Å². The van der Waals surface area contributed by atoms with Crippen molar-refractivity contribution in [3.63, 3.8) is 0 Å². The summed E-state index contributed by atoms with van der Waals surface area (Å²) in [5.41, 5.74) is 5.68. The van der Waals surface area contributed by atoms with Crippen molar-refractivity contribution in [3.8, 4) is 11.3 Å². The number of thiophene rings is 1. The van der Waals surface area contributed by atoms with Gasteiger partial charge in [0.25, 0.3) is 5.91 Å². The molecule has 5 rings (SSSR count). The molecule has 34 heavy (non-hydrogen) atoms. The predicted molar refractivity (Wildman–Crippen MR) is 137 cm³/mol. The van der Waals surface area contributed by atoms with Gasteiger partial charge in [0.2, 0.25) is 0 Å². The molecule has 2 aromatic carbocycles. The van der Waals surface area contributed by atoms with Crippen molar-refractivity contribution in [3.05, 3.63) is 81.7 Å². The number of benzene rings is 2. The number of nitrogens with zero attached hydrogens (tertiary/aromatic N) is 1. The molecular weight excluding hydrogens is 444 g/mol. The van der Waals surface area contributed by atoms with Crippen molar-refractivity contribution in [2.75, 3.05) is 11.9 Å². The Hall–Kier alpha value is -3.51. The Morgan fingerprint density at radius 3 is 2.62 bits per heavy atom. The molecule has 2 heterocycles. The van der Waals surface area contributed by atoms with E-state index < -0.39 is 0 Å². The van der Waals surface area contributed by atoms with Crippen LogP contribution < -0.4 is 5.32 Å². The molecule has 0 bridgehead atoms. The van der Waals surface area contributed by atoms with Gasteiger partial charge in [-0.3, -0.25) is 4.79 Å². The first kappa shape index (κ1) is 22.3. The van der Waals surface area contributed by atoms with Gasteiger partial charge in [-0.05, 0) is 57.2 Å². The summed E-state index contributed by atoms with van der Waals surface area (Å²) >= 11 is 1.50. The van der Waals surface area contributed by atoms with Crippen LogP contribution in [0.4, 0.5) is 5.00 Å². The van der Waals surface area contributed by atoms with Gasteiger partial charge in [0, 0.05) is 15.8 Å². The second-order valence-electron chi connectivity index (χ2n) is 8.53. The van der Waals surface area contributed by atoms with Crippen LogP contribution in [-0.2, 0) is 17.6 Å². The lowest BCUT2D eigenvalue weighted by Gasteiger charge is -2.13. The molecule has 1 aliphatic carbocycles. The maximum Gasteiger partial charge on any atom is 0.341 e. The standard InChI is InChI=1S/C28H26N2O3S/c1-3-33-28(32)25-20-9-5-7-11-24(20)34-27(25)30-26(31)21-16-23(18-14-12-17(2)13-15-18)29-22-10-6-4-8-19(21)22/h4,6,8,10,12-16H,3,5,7,9,11H2,1-2H3,(H,30,31). The summed E-state index contributed by atoms with van der Waals surface area (Å²) in [6.07, 6.45) is 3.90. The topological polar surface area (TPSA) is 68.3 Å². The van der Waals surface area contributed by atoms with Crippen molar-refractivity contribution in [2.45, 2.75) is 39.5 Å². The van der Waals surface area contributed by atoms with E-state index >= 15 is 0 Å². The van der Waals surface area contributed by atoms with E-state index in [1.54, 1.807) is 6.92 Å². The molecule has 5 nitrogen and oxygen atoms in total. The number of ether oxygens (including phenoxy) is 1. The van der Waals surface area contributed by atoms with Crippen molar-refractivity contribution in [2.24, 2.45) is 0 Å². The molecule has 1 aliphatic rings. The third kappa shape index (κ3) is 4.21. The van der Waals surface area contributed by atoms with E-state index in [1.807, 2.05) is 61.5 Å². The van der Waals surface area contributed by atoms with E-state index in [1.165, 1.54) is 16.2 Å². The summed E-state index contributed by atoms with van der Waals surface area (Å²) in [6.45, 7) is 4.13. The maximum absolute atomic E-state index is 13.6. The van der Waals surface area contributed by atoms with Crippen molar-refractivity contribution in [1.29, 1.82) is 0 Å². The second kappa shape index (κ2) is 9.39. The number of aromatic nitrogens is 1. The van der Waals surface area contributed by atoms with Gasteiger partial charge in [-0.1, -0.05) is 48.0 Å². The Labute approximate surface area is 202 Å². The first-order valence-corrected chi connectivity index (χ1v) is 12.5. The average molecular weight is 471 g/mol. The fraction of sp³-hybridized carbons (Fsp3) is 0.250. The van der Waals surface area contributed by atoms with Gasteiger partial charge >= 0.3 is 5.97 Å². The average Bonchev–Trinajstić information content (AvgIpc) is 3.21. The molecule has 2 aromatic heterocycles. The molecule has 1 N–H and O–H groups in total. The van der Waals surface area contributed by atoms with Gasteiger partial charge in [0.05, 0.1) is 28.9 Å². The van der Waals surface area contributed by atoms with Crippen LogP contribution in [0.2, 0.25) is 0 Å². The second-order valence-corrected chi connectivity index (χ2v) is 9.63. The number of hydrogen-bond donors (Lipinski definition) is 1. The minimum absolute atomic E-state index is 0.254. The summed E-state index contributed by atoms with van der Waals surface area (Å²) in [4.78, 5) is 32.4. The third-order valence-electron chi connectivity index (χ3n) is 6.19. The maximum atomic E-state index is 13.6. The smallest absolute Gasteiger partial charge is 0.341 e. The zero-order valence-electron chi connectivity index (χ0n) is 19.3. The molecular formula is C28H26N2O3S. The van der Waals surface area contributed by atoms with Crippen LogP contribution in [0.25, 0.3) is 22.2 Å². The lowest BCUT2D eigenvalue weighted by Crippen LogP contribution is -2.16. The van der Waals surface area contributed by atoms with Gasteiger partial charge in [-0.25, -0.2) is 9.78 Å². The lowest BCUT2D eigenvalue weighted by atomic mass is 9.95. The Bertz CT molecular complexity index is 1390. The normalized spacial score (nSPS) is 12.9. The van der Waals surface area contributed by atoms with Crippen LogP contribution in [0.5, 0.6) is 0 Å². The van der Waals surface area contributed by atoms with Gasteiger partial charge in [-0.2, -0.15) is 0 Å². The Morgan fingerprint density at radius 2 is 1.82 bits per heavy atom. The number of amides is 1.